The fourth-order valence-corrected chi connectivity index (χ4v) is 5.86. The summed E-state index contributed by atoms with van der Waals surface area (Å²) in [5.74, 6) is 0.214. The molecule has 2 saturated heterocycles. The van der Waals surface area contributed by atoms with Crippen LogP contribution in [0.25, 0.3) is 0 Å². The van der Waals surface area contributed by atoms with Crippen LogP contribution >= 0.6 is 0 Å². The minimum absolute atomic E-state index is 0.214. The monoisotopic (exact) mass is 377 g/mol. The Morgan fingerprint density at radius 3 is 2.35 bits per heavy atom. The Balaban J connectivity index is 1.30. The van der Waals surface area contributed by atoms with Gasteiger partial charge < -0.3 is 4.90 Å². The minimum Gasteiger partial charge on any atom is -0.371 e. The number of hydrogen-bond donors (Lipinski definition) is 0. The molecule has 0 amide bonds. The van der Waals surface area contributed by atoms with Crippen molar-refractivity contribution in [2.75, 3.05) is 49.9 Å². The lowest BCUT2D eigenvalue weighted by atomic mass is 10.0. The number of anilines is 1. The van der Waals surface area contributed by atoms with Gasteiger partial charge in [0.05, 0.1) is 5.75 Å². The van der Waals surface area contributed by atoms with Crippen LogP contribution in [-0.2, 0) is 22.9 Å². The van der Waals surface area contributed by atoms with E-state index in [1.165, 1.54) is 37.8 Å². The second kappa shape index (κ2) is 7.49. The van der Waals surface area contributed by atoms with Crippen LogP contribution in [0.15, 0.2) is 18.2 Å². The summed E-state index contributed by atoms with van der Waals surface area (Å²) in [5, 5.41) is 0. The summed E-state index contributed by atoms with van der Waals surface area (Å²) >= 11 is 0. The molecule has 0 saturated carbocycles. The Morgan fingerprint density at radius 2 is 1.65 bits per heavy atom. The topological polar surface area (TPSA) is 43.9 Å². The van der Waals surface area contributed by atoms with Crippen molar-refractivity contribution in [3.63, 3.8) is 0 Å². The number of aryl methyl sites for hydroxylation is 2. The average Bonchev–Trinajstić information content (AvgIpc) is 3.16. The third-order valence-corrected chi connectivity index (χ3v) is 8.34. The van der Waals surface area contributed by atoms with E-state index in [1.54, 1.807) is 22.4 Å². The van der Waals surface area contributed by atoms with Crippen molar-refractivity contribution < 1.29 is 8.42 Å². The molecule has 2 fully saturated rings. The summed E-state index contributed by atoms with van der Waals surface area (Å²) in [6.07, 6.45) is 6.15. The second-order valence-corrected chi connectivity index (χ2v) is 10.1. The number of fused-ring (bicyclic) bond motifs is 1. The summed E-state index contributed by atoms with van der Waals surface area (Å²) in [5.41, 5.74) is 4.49. The Bertz CT molecular complexity index is 733. The molecule has 1 aromatic carbocycles. The van der Waals surface area contributed by atoms with Crippen molar-refractivity contribution >= 4 is 15.7 Å². The molecule has 144 valence electrons. The highest BCUT2D eigenvalue weighted by Crippen LogP contribution is 2.29. The quantitative estimate of drug-likeness (QED) is 0.806. The van der Waals surface area contributed by atoms with Gasteiger partial charge in [0, 0.05) is 51.0 Å². The summed E-state index contributed by atoms with van der Waals surface area (Å²) in [6.45, 7) is 7.01. The van der Waals surface area contributed by atoms with Crippen molar-refractivity contribution in [2.45, 2.75) is 45.1 Å². The van der Waals surface area contributed by atoms with Crippen molar-refractivity contribution in [3.8, 4) is 0 Å². The highest BCUT2D eigenvalue weighted by Gasteiger charge is 2.31. The van der Waals surface area contributed by atoms with Gasteiger partial charge in [0.1, 0.15) is 0 Å². The number of sulfonamides is 1. The van der Waals surface area contributed by atoms with Crippen LogP contribution in [0, 0.1) is 0 Å². The van der Waals surface area contributed by atoms with Gasteiger partial charge in [-0.05, 0) is 62.3 Å². The zero-order chi connectivity index (χ0) is 18.1. The van der Waals surface area contributed by atoms with E-state index >= 15 is 0 Å². The third-order valence-electron chi connectivity index (χ3n) is 6.46. The second-order valence-electron chi connectivity index (χ2n) is 7.86. The van der Waals surface area contributed by atoms with Crippen LogP contribution < -0.4 is 4.90 Å². The van der Waals surface area contributed by atoms with Gasteiger partial charge in [-0.15, -0.1) is 0 Å². The molecular weight excluding hydrogens is 346 g/mol. The van der Waals surface area contributed by atoms with Crippen molar-refractivity contribution in [2.24, 2.45) is 0 Å². The molecule has 2 aliphatic heterocycles. The summed E-state index contributed by atoms with van der Waals surface area (Å²) in [6, 6.07) is 7.65. The maximum atomic E-state index is 12.0. The highest BCUT2D eigenvalue weighted by molar-refractivity contribution is 7.89. The van der Waals surface area contributed by atoms with Crippen LogP contribution in [0.1, 0.15) is 37.3 Å². The molecule has 0 radical (unpaired) electrons. The van der Waals surface area contributed by atoms with Gasteiger partial charge >= 0.3 is 0 Å². The van der Waals surface area contributed by atoms with E-state index in [1.807, 2.05) is 0 Å². The van der Waals surface area contributed by atoms with E-state index in [4.69, 9.17) is 0 Å². The Hall–Kier alpha value is -1.11. The average molecular weight is 378 g/mol. The number of piperazine rings is 1. The first-order valence-corrected chi connectivity index (χ1v) is 11.8. The zero-order valence-corrected chi connectivity index (χ0v) is 16.7. The number of rotatable bonds is 4. The highest BCUT2D eigenvalue weighted by atomic mass is 32.2. The van der Waals surface area contributed by atoms with E-state index in [0.29, 0.717) is 19.1 Å². The van der Waals surface area contributed by atoms with E-state index in [9.17, 15) is 8.42 Å². The van der Waals surface area contributed by atoms with E-state index in [-0.39, 0.29) is 5.75 Å². The molecule has 0 spiro atoms. The number of piperidine rings is 1. The molecular formula is C20H31N3O2S. The Kier molecular flexibility index (Phi) is 5.26. The lowest BCUT2D eigenvalue weighted by Gasteiger charge is -2.43. The zero-order valence-electron chi connectivity index (χ0n) is 15.9. The lowest BCUT2D eigenvalue weighted by molar-refractivity contribution is 0.120. The first-order valence-electron chi connectivity index (χ1n) is 10.2. The van der Waals surface area contributed by atoms with Crippen LogP contribution in [0.4, 0.5) is 5.69 Å². The molecule has 1 aliphatic carbocycles. The van der Waals surface area contributed by atoms with Gasteiger partial charge in [-0.25, -0.2) is 8.42 Å². The summed E-state index contributed by atoms with van der Waals surface area (Å²) < 4.78 is 25.7. The SMILES string of the molecule is CCS(=O)(=O)N1CCN(C2CCN(c3ccc4c(c3)CCC4)CC2)CC1. The smallest absolute Gasteiger partial charge is 0.213 e. The molecule has 2 heterocycles. The third kappa shape index (κ3) is 3.64. The molecule has 26 heavy (non-hydrogen) atoms. The predicted octanol–water partition coefficient (Wildman–Crippen LogP) is 2.11. The molecule has 5 nitrogen and oxygen atoms in total. The van der Waals surface area contributed by atoms with E-state index in [2.05, 4.69) is 28.0 Å². The van der Waals surface area contributed by atoms with Gasteiger partial charge in [-0.2, -0.15) is 4.31 Å². The number of benzene rings is 1. The molecule has 0 bridgehead atoms. The molecule has 6 heteroatoms. The molecule has 4 rings (SSSR count). The Labute approximate surface area is 158 Å². The largest absolute Gasteiger partial charge is 0.371 e. The predicted molar refractivity (Wildman–Crippen MR) is 106 cm³/mol. The van der Waals surface area contributed by atoms with Crippen LogP contribution in [0.3, 0.4) is 0 Å². The first kappa shape index (κ1) is 18.3. The summed E-state index contributed by atoms with van der Waals surface area (Å²) in [4.78, 5) is 5.05. The van der Waals surface area contributed by atoms with Crippen LogP contribution in [0.2, 0.25) is 0 Å². The Morgan fingerprint density at radius 1 is 0.962 bits per heavy atom. The standard InChI is InChI=1S/C20H31N3O2S/c1-2-26(24,25)23-14-12-22(13-15-23)19-8-10-21(11-9-19)20-7-6-17-4-3-5-18(17)16-20/h6-7,16,19H,2-5,8-15H2,1H3. The molecule has 0 unspecified atom stereocenters. The molecule has 1 aromatic rings. The van der Waals surface area contributed by atoms with Gasteiger partial charge in [0.25, 0.3) is 0 Å². The van der Waals surface area contributed by atoms with Gasteiger partial charge in [-0.1, -0.05) is 6.07 Å². The first-order chi connectivity index (χ1) is 12.6. The van der Waals surface area contributed by atoms with Gasteiger partial charge in [0.15, 0.2) is 0 Å². The number of nitrogens with zero attached hydrogens (tertiary/aromatic N) is 3. The fraction of sp³-hybridized carbons (Fsp3) is 0.700. The summed E-state index contributed by atoms with van der Waals surface area (Å²) in [7, 11) is -3.03. The molecule has 0 aromatic heterocycles. The van der Waals surface area contributed by atoms with Crippen molar-refractivity contribution in [1.82, 2.24) is 9.21 Å². The maximum absolute atomic E-state index is 12.0. The van der Waals surface area contributed by atoms with Gasteiger partial charge in [-0.3, -0.25) is 4.90 Å². The maximum Gasteiger partial charge on any atom is 0.213 e. The van der Waals surface area contributed by atoms with Gasteiger partial charge in [0.2, 0.25) is 10.0 Å². The molecule has 0 atom stereocenters. The van der Waals surface area contributed by atoms with Crippen LogP contribution in [-0.4, -0.2) is 68.7 Å². The fourth-order valence-electron chi connectivity index (χ4n) is 4.77. The number of hydrogen-bond acceptors (Lipinski definition) is 4. The molecule has 3 aliphatic rings. The minimum atomic E-state index is -3.03. The van der Waals surface area contributed by atoms with E-state index in [0.717, 1.165) is 26.2 Å². The van der Waals surface area contributed by atoms with Crippen LogP contribution in [0.5, 0.6) is 0 Å². The normalized spacial score (nSPS) is 23.3. The van der Waals surface area contributed by atoms with E-state index < -0.39 is 10.0 Å². The van der Waals surface area contributed by atoms with Crippen molar-refractivity contribution in [3.05, 3.63) is 29.3 Å². The lowest BCUT2D eigenvalue weighted by Crippen LogP contribution is -2.54. The van der Waals surface area contributed by atoms with Crippen molar-refractivity contribution in [1.29, 1.82) is 0 Å². The molecule has 0 N–H and O–H groups in total.